The Morgan fingerprint density at radius 2 is 2.00 bits per heavy atom. The van der Waals surface area contributed by atoms with Crippen LogP contribution in [0.3, 0.4) is 0 Å². The molecule has 134 valence electrons. The molecule has 0 fully saturated rings. The molecule has 0 aliphatic rings. The van der Waals surface area contributed by atoms with Gasteiger partial charge < -0.3 is 10.1 Å². The fourth-order valence-corrected chi connectivity index (χ4v) is 3.25. The van der Waals surface area contributed by atoms with Crippen molar-refractivity contribution in [2.24, 2.45) is 0 Å². The number of nitrogens with one attached hydrogen (secondary N) is 2. The average molecular weight is 376 g/mol. The summed E-state index contributed by atoms with van der Waals surface area (Å²) >= 11 is 1.30. The largest absolute Gasteiger partial charge is 0.496 e. The number of ether oxygens (including phenoxy) is 1. The quantitative estimate of drug-likeness (QED) is 0.539. The second-order valence-corrected chi connectivity index (χ2v) is 6.65. The van der Waals surface area contributed by atoms with Gasteiger partial charge in [0, 0.05) is 16.8 Å². The predicted molar refractivity (Wildman–Crippen MR) is 106 cm³/mol. The first-order valence-electron chi connectivity index (χ1n) is 8.23. The number of nitrogens with zero attached hydrogens (tertiary/aromatic N) is 2. The molecule has 0 saturated carbocycles. The first-order chi connectivity index (χ1) is 13.2. The number of rotatable bonds is 5. The van der Waals surface area contributed by atoms with Gasteiger partial charge in [-0.15, -0.1) is 11.3 Å². The molecule has 6 nitrogen and oxygen atoms in total. The van der Waals surface area contributed by atoms with Gasteiger partial charge in [0.1, 0.15) is 10.6 Å². The molecule has 0 radical (unpaired) electrons. The van der Waals surface area contributed by atoms with Crippen LogP contribution in [0.1, 0.15) is 9.67 Å². The number of amides is 1. The van der Waals surface area contributed by atoms with Crippen molar-refractivity contribution >= 4 is 22.9 Å². The predicted octanol–water partition coefficient (Wildman–Crippen LogP) is 4.46. The lowest BCUT2D eigenvalue weighted by molar-refractivity contribution is 0.103. The Hall–Kier alpha value is -3.45. The minimum atomic E-state index is -0.191. The number of thiazole rings is 1. The van der Waals surface area contributed by atoms with Crippen molar-refractivity contribution in [2.75, 3.05) is 12.4 Å². The SMILES string of the molecule is COc1ccc(NC(=O)c2cncs2)cc1-c1cc(-c2ccccc2)n[nH]1. The first-order valence-corrected chi connectivity index (χ1v) is 9.11. The van der Waals surface area contributed by atoms with Crippen LogP contribution in [0.25, 0.3) is 22.5 Å². The molecule has 4 rings (SSSR count). The van der Waals surface area contributed by atoms with E-state index in [0.29, 0.717) is 16.3 Å². The van der Waals surface area contributed by atoms with Crippen LogP contribution in [0.2, 0.25) is 0 Å². The zero-order chi connectivity index (χ0) is 18.6. The highest BCUT2D eigenvalue weighted by molar-refractivity contribution is 7.11. The van der Waals surface area contributed by atoms with Gasteiger partial charge in [-0.25, -0.2) is 0 Å². The van der Waals surface area contributed by atoms with Crippen LogP contribution in [-0.2, 0) is 0 Å². The Morgan fingerprint density at radius 3 is 2.74 bits per heavy atom. The van der Waals surface area contributed by atoms with Crippen LogP contribution in [0.4, 0.5) is 5.69 Å². The van der Waals surface area contributed by atoms with Crippen LogP contribution in [0.15, 0.2) is 66.3 Å². The summed E-state index contributed by atoms with van der Waals surface area (Å²) in [6.07, 6.45) is 1.55. The Labute approximate surface area is 159 Å². The fourth-order valence-electron chi connectivity index (χ4n) is 2.73. The lowest BCUT2D eigenvalue weighted by atomic mass is 10.1. The smallest absolute Gasteiger partial charge is 0.267 e. The number of aromatic amines is 1. The molecule has 0 atom stereocenters. The standard InChI is InChI=1S/C20H16N4O2S/c1-26-18-8-7-14(22-20(25)19-11-21-12-27-19)9-15(18)17-10-16(23-24-17)13-5-3-2-4-6-13/h2-12H,1H3,(H,22,25)(H,23,24). The average Bonchev–Trinajstić information content (AvgIpc) is 3.41. The minimum absolute atomic E-state index is 0.191. The summed E-state index contributed by atoms with van der Waals surface area (Å²) in [5, 5.41) is 10.3. The molecule has 4 aromatic rings. The molecule has 2 aromatic carbocycles. The third-order valence-corrected chi connectivity index (χ3v) is 4.82. The van der Waals surface area contributed by atoms with Crippen LogP contribution >= 0.6 is 11.3 Å². The lowest BCUT2D eigenvalue weighted by Gasteiger charge is -2.10. The van der Waals surface area contributed by atoms with E-state index in [2.05, 4.69) is 20.5 Å². The third-order valence-electron chi connectivity index (χ3n) is 4.05. The van der Waals surface area contributed by atoms with E-state index < -0.39 is 0 Å². The van der Waals surface area contributed by atoms with E-state index in [1.807, 2.05) is 48.5 Å². The van der Waals surface area contributed by atoms with E-state index in [0.717, 1.165) is 22.5 Å². The summed E-state index contributed by atoms with van der Waals surface area (Å²) in [6.45, 7) is 0. The van der Waals surface area contributed by atoms with E-state index in [9.17, 15) is 4.79 Å². The van der Waals surface area contributed by atoms with Gasteiger partial charge in [-0.2, -0.15) is 5.10 Å². The molecule has 0 unspecified atom stereocenters. The molecule has 0 bridgehead atoms. The number of carbonyl (C=O) groups excluding carboxylic acids is 1. The van der Waals surface area contributed by atoms with Crippen LogP contribution in [0, 0.1) is 0 Å². The molecule has 2 aromatic heterocycles. The zero-order valence-corrected chi connectivity index (χ0v) is 15.3. The monoisotopic (exact) mass is 376 g/mol. The number of methoxy groups -OCH3 is 1. The Morgan fingerprint density at radius 1 is 1.15 bits per heavy atom. The number of hydrogen-bond donors (Lipinski definition) is 2. The first kappa shape index (κ1) is 17.0. The van der Waals surface area contributed by atoms with Gasteiger partial charge in [0.15, 0.2) is 0 Å². The molecule has 2 heterocycles. The second kappa shape index (κ2) is 7.43. The van der Waals surface area contributed by atoms with Crippen molar-refractivity contribution in [1.82, 2.24) is 15.2 Å². The molecule has 0 aliphatic carbocycles. The van der Waals surface area contributed by atoms with Crippen molar-refractivity contribution in [1.29, 1.82) is 0 Å². The van der Waals surface area contributed by atoms with Crippen molar-refractivity contribution in [2.45, 2.75) is 0 Å². The molecule has 0 spiro atoms. The normalized spacial score (nSPS) is 10.6. The third kappa shape index (κ3) is 3.58. The Bertz CT molecular complexity index is 1060. The molecule has 0 aliphatic heterocycles. The molecule has 1 amide bonds. The summed E-state index contributed by atoms with van der Waals surface area (Å²) in [5.41, 5.74) is 5.78. The number of H-pyrrole nitrogens is 1. The zero-order valence-electron chi connectivity index (χ0n) is 14.5. The van der Waals surface area contributed by atoms with E-state index in [4.69, 9.17) is 4.74 Å². The van der Waals surface area contributed by atoms with Crippen molar-refractivity contribution < 1.29 is 9.53 Å². The maximum atomic E-state index is 12.3. The van der Waals surface area contributed by atoms with Gasteiger partial charge in [0.05, 0.1) is 30.2 Å². The minimum Gasteiger partial charge on any atom is -0.496 e. The number of hydrogen-bond acceptors (Lipinski definition) is 5. The Kier molecular flexibility index (Phi) is 4.67. The molecule has 7 heteroatoms. The fraction of sp³-hybridized carbons (Fsp3) is 0.0500. The van der Waals surface area contributed by atoms with Gasteiger partial charge in [-0.1, -0.05) is 30.3 Å². The van der Waals surface area contributed by atoms with Gasteiger partial charge >= 0.3 is 0 Å². The van der Waals surface area contributed by atoms with Gasteiger partial charge in [0.25, 0.3) is 5.91 Å². The molecule has 27 heavy (non-hydrogen) atoms. The van der Waals surface area contributed by atoms with Crippen molar-refractivity contribution in [3.63, 3.8) is 0 Å². The van der Waals surface area contributed by atoms with E-state index in [1.54, 1.807) is 24.9 Å². The number of benzene rings is 2. The van der Waals surface area contributed by atoms with Crippen LogP contribution < -0.4 is 10.1 Å². The molecular weight excluding hydrogens is 360 g/mol. The summed E-state index contributed by atoms with van der Waals surface area (Å²) in [5.74, 6) is 0.497. The summed E-state index contributed by atoms with van der Waals surface area (Å²) in [6, 6.07) is 17.4. The molecule has 0 saturated heterocycles. The van der Waals surface area contributed by atoms with Crippen LogP contribution in [0.5, 0.6) is 5.75 Å². The van der Waals surface area contributed by atoms with E-state index >= 15 is 0 Å². The van der Waals surface area contributed by atoms with Gasteiger partial charge in [-0.05, 0) is 24.3 Å². The highest BCUT2D eigenvalue weighted by atomic mass is 32.1. The van der Waals surface area contributed by atoms with Crippen LogP contribution in [-0.4, -0.2) is 28.2 Å². The van der Waals surface area contributed by atoms with Crippen molar-refractivity contribution in [3.05, 3.63) is 71.2 Å². The van der Waals surface area contributed by atoms with Gasteiger partial charge in [0.2, 0.25) is 0 Å². The maximum absolute atomic E-state index is 12.3. The number of anilines is 1. The van der Waals surface area contributed by atoms with Crippen molar-refractivity contribution in [3.8, 4) is 28.3 Å². The molecular formula is C20H16N4O2S. The maximum Gasteiger partial charge on any atom is 0.267 e. The topological polar surface area (TPSA) is 79.9 Å². The lowest BCUT2D eigenvalue weighted by Crippen LogP contribution is -2.10. The Balaban J connectivity index is 1.65. The highest BCUT2D eigenvalue weighted by Gasteiger charge is 2.13. The summed E-state index contributed by atoms with van der Waals surface area (Å²) in [4.78, 5) is 16.8. The summed E-state index contributed by atoms with van der Waals surface area (Å²) in [7, 11) is 1.61. The van der Waals surface area contributed by atoms with Gasteiger partial charge in [-0.3, -0.25) is 14.9 Å². The van der Waals surface area contributed by atoms with E-state index in [1.165, 1.54) is 11.3 Å². The highest BCUT2D eigenvalue weighted by Crippen LogP contribution is 2.33. The number of aromatic nitrogens is 3. The number of carbonyl (C=O) groups is 1. The summed E-state index contributed by atoms with van der Waals surface area (Å²) < 4.78 is 5.48. The van der Waals surface area contributed by atoms with E-state index in [-0.39, 0.29) is 5.91 Å². The second-order valence-electron chi connectivity index (χ2n) is 5.77. The molecule has 2 N–H and O–H groups in total.